The Bertz CT molecular complexity index is 399. The highest BCUT2D eigenvalue weighted by molar-refractivity contribution is 5.91. The molecule has 0 aliphatic carbocycles. The van der Waals surface area contributed by atoms with Crippen molar-refractivity contribution < 1.29 is 15.0 Å². The number of hydrogen-bond donors (Lipinski definition) is 3. The normalized spacial score (nSPS) is 9.79. The van der Waals surface area contributed by atoms with Crippen LogP contribution in [-0.4, -0.2) is 29.3 Å². The Morgan fingerprint density at radius 1 is 1.21 bits per heavy atom. The molecule has 1 rings (SSSR count). The third-order valence-electron chi connectivity index (χ3n) is 2.17. The Balaban J connectivity index is 0.000000362. The van der Waals surface area contributed by atoms with Crippen LogP contribution < -0.4 is 5.73 Å². The first-order valence-electron chi connectivity index (χ1n) is 6.02. The van der Waals surface area contributed by atoms with Crippen LogP contribution in [0.2, 0.25) is 0 Å². The fourth-order valence-electron chi connectivity index (χ4n) is 1.12. The van der Waals surface area contributed by atoms with E-state index >= 15 is 0 Å². The lowest BCUT2D eigenvalue weighted by Crippen LogP contribution is -2.13. The molecular weight excluding hydrogens is 242 g/mol. The molecule has 1 aromatic rings. The molecule has 0 aliphatic heterocycles. The van der Waals surface area contributed by atoms with Gasteiger partial charge in [-0.1, -0.05) is 49.1 Å². The number of rotatable bonds is 6. The van der Waals surface area contributed by atoms with Gasteiger partial charge in [-0.05, 0) is 12.0 Å². The first kappa shape index (κ1) is 17.1. The quantitative estimate of drug-likeness (QED) is 0.680. The highest BCUT2D eigenvalue weighted by Gasteiger charge is 1.97. The molecule has 4 heteroatoms. The van der Waals surface area contributed by atoms with Gasteiger partial charge in [0.15, 0.2) is 0 Å². The van der Waals surface area contributed by atoms with Crippen molar-refractivity contribution in [3.05, 3.63) is 54.1 Å². The van der Waals surface area contributed by atoms with Crippen LogP contribution in [0.15, 0.2) is 48.6 Å². The molecule has 0 heterocycles. The Kier molecular flexibility index (Phi) is 10.1. The van der Waals surface area contributed by atoms with E-state index in [2.05, 4.69) is 6.58 Å². The smallest absolute Gasteiger partial charge is 0.244 e. The second kappa shape index (κ2) is 11.2. The maximum Gasteiger partial charge on any atom is 0.244 e. The molecule has 0 saturated heterocycles. The van der Waals surface area contributed by atoms with Gasteiger partial charge in [-0.25, -0.2) is 0 Å². The van der Waals surface area contributed by atoms with E-state index in [-0.39, 0.29) is 25.2 Å². The summed E-state index contributed by atoms with van der Waals surface area (Å²) in [5, 5.41) is 16.7. The maximum atomic E-state index is 10.1. The van der Waals surface area contributed by atoms with Crippen molar-refractivity contribution in [1.82, 2.24) is 0 Å². The zero-order valence-corrected chi connectivity index (χ0v) is 11.0. The molecule has 4 nitrogen and oxygen atoms in total. The third-order valence-corrected chi connectivity index (χ3v) is 2.17. The van der Waals surface area contributed by atoms with E-state index in [1.165, 1.54) is 5.56 Å². The number of carbonyl (C=O) groups excluding carboxylic acids is 1. The third kappa shape index (κ3) is 9.76. The molecular formula is C15H21NO3. The molecule has 0 bridgehead atoms. The van der Waals surface area contributed by atoms with Crippen molar-refractivity contribution in [2.24, 2.45) is 5.73 Å². The SMILES string of the molecule is C=C(CCO)C(N)=O.OCCC=Cc1ccccc1. The number of amides is 1. The first-order chi connectivity index (χ1) is 9.11. The fourth-order valence-corrected chi connectivity index (χ4v) is 1.12. The molecule has 19 heavy (non-hydrogen) atoms. The second-order valence-electron chi connectivity index (χ2n) is 3.77. The van der Waals surface area contributed by atoms with Crippen LogP contribution in [0, 0.1) is 0 Å². The van der Waals surface area contributed by atoms with Crippen molar-refractivity contribution in [2.45, 2.75) is 12.8 Å². The van der Waals surface area contributed by atoms with E-state index in [1.54, 1.807) is 0 Å². The Morgan fingerprint density at radius 2 is 1.84 bits per heavy atom. The summed E-state index contributed by atoms with van der Waals surface area (Å²) in [7, 11) is 0. The zero-order valence-electron chi connectivity index (χ0n) is 11.0. The van der Waals surface area contributed by atoms with E-state index in [4.69, 9.17) is 15.9 Å². The van der Waals surface area contributed by atoms with Gasteiger partial charge in [-0.2, -0.15) is 0 Å². The number of aliphatic hydroxyl groups excluding tert-OH is 2. The van der Waals surface area contributed by atoms with Crippen LogP contribution in [0.3, 0.4) is 0 Å². The van der Waals surface area contributed by atoms with Crippen LogP contribution in [0.1, 0.15) is 18.4 Å². The summed E-state index contributed by atoms with van der Waals surface area (Å²) in [6, 6.07) is 10.1. The number of nitrogens with two attached hydrogens (primary N) is 1. The summed E-state index contributed by atoms with van der Waals surface area (Å²) in [5.41, 5.74) is 6.22. The summed E-state index contributed by atoms with van der Waals surface area (Å²) in [5.74, 6) is -0.543. The van der Waals surface area contributed by atoms with Gasteiger partial charge in [0.05, 0.1) is 0 Å². The van der Waals surface area contributed by atoms with Gasteiger partial charge in [0, 0.05) is 25.2 Å². The van der Waals surface area contributed by atoms with Gasteiger partial charge < -0.3 is 15.9 Å². The molecule has 1 amide bonds. The van der Waals surface area contributed by atoms with Gasteiger partial charge in [0.1, 0.15) is 0 Å². The summed E-state index contributed by atoms with van der Waals surface area (Å²) in [4.78, 5) is 10.1. The van der Waals surface area contributed by atoms with Crippen LogP contribution in [-0.2, 0) is 4.79 Å². The summed E-state index contributed by atoms with van der Waals surface area (Å²) >= 11 is 0. The summed E-state index contributed by atoms with van der Waals surface area (Å²) in [6.07, 6.45) is 4.98. The highest BCUT2D eigenvalue weighted by atomic mass is 16.3. The number of carbonyl (C=O) groups is 1. The molecule has 104 valence electrons. The van der Waals surface area contributed by atoms with E-state index < -0.39 is 5.91 Å². The molecule has 0 unspecified atom stereocenters. The molecule has 0 saturated carbocycles. The van der Waals surface area contributed by atoms with Crippen LogP contribution >= 0.6 is 0 Å². The molecule has 0 spiro atoms. The Morgan fingerprint density at radius 3 is 2.26 bits per heavy atom. The fraction of sp³-hybridized carbons (Fsp3) is 0.267. The number of primary amides is 1. The summed E-state index contributed by atoms with van der Waals surface area (Å²) in [6.45, 7) is 3.47. The van der Waals surface area contributed by atoms with E-state index in [0.717, 1.165) is 6.42 Å². The molecule has 0 radical (unpaired) electrons. The predicted octanol–water partition coefficient (Wildman–Crippen LogP) is 1.49. The Labute approximate surface area is 113 Å². The van der Waals surface area contributed by atoms with Crippen molar-refractivity contribution in [2.75, 3.05) is 13.2 Å². The average molecular weight is 263 g/mol. The minimum Gasteiger partial charge on any atom is -0.396 e. The van der Waals surface area contributed by atoms with Crippen LogP contribution in [0.4, 0.5) is 0 Å². The van der Waals surface area contributed by atoms with Gasteiger partial charge in [0.25, 0.3) is 0 Å². The molecule has 0 fully saturated rings. The lowest BCUT2D eigenvalue weighted by Gasteiger charge is -1.93. The van der Waals surface area contributed by atoms with Gasteiger partial charge in [-0.3, -0.25) is 4.79 Å². The molecule has 0 aliphatic rings. The van der Waals surface area contributed by atoms with E-state index in [0.29, 0.717) is 0 Å². The van der Waals surface area contributed by atoms with Crippen molar-refractivity contribution >= 4 is 12.0 Å². The average Bonchev–Trinajstić information content (AvgIpc) is 2.41. The van der Waals surface area contributed by atoms with Gasteiger partial charge in [-0.15, -0.1) is 0 Å². The monoisotopic (exact) mass is 263 g/mol. The largest absolute Gasteiger partial charge is 0.396 e. The van der Waals surface area contributed by atoms with Crippen molar-refractivity contribution in [1.29, 1.82) is 0 Å². The number of hydrogen-bond acceptors (Lipinski definition) is 3. The lowest BCUT2D eigenvalue weighted by molar-refractivity contribution is -0.114. The minimum atomic E-state index is -0.543. The number of aliphatic hydroxyl groups is 2. The van der Waals surface area contributed by atoms with Crippen molar-refractivity contribution in [3.8, 4) is 0 Å². The van der Waals surface area contributed by atoms with Crippen LogP contribution in [0.5, 0.6) is 0 Å². The lowest BCUT2D eigenvalue weighted by atomic mass is 10.2. The van der Waals surface area contributed by atoms with Gasteiger partial charge >= 0.3 is 0 Å². The first-order valence-corrected chi connectivity index (χ1v) is 6.02. The maximum absolute atomic E-state index is 10.1. The Hall–Kier alpha value is -1.91. The summed E-state index contributed by atoms with van der Waals surface area (Å²) < 4.78 is 0. The molecule has 0 aromatic heterocycles. The van der Waals surface area contributed by atoms with Gasteiger partial charge in [0.2, 0.25) is 5.91 Å². The highest BCUT2D eigenvalue weighted by Crippen LogP contribution is 2.01. The standard InChI is InChI=1S/C10H12O.C5H9NO2/c11-9-5-4-8-10-6-2-1-3-7-10;1-4(2-3-7)5(6)8/h1-4,6-8,11H,5,9H2;7H,1-3H2,(H2,6,8). The zero-order chi connectivity index (χ0) is 14.5. The second-order valence-corrected chi connectivity index (χ2v) is 3.77. The predicted molar refractivity (Wildman–Crippen MR) is 77.2 cm³/mol. The van der Waals surface area contributed by atoms with E-state index in [9.17, 15) is 4.79 Å². The minimum absolute atomic E-state index is 0.0677. The number of benzene rings is 1. The molecule has 1 aromatic carbocycles. The molecule has 4 N–H and O–H groups in total. The topological polar surface area (TPSA) is 83.5 Å². The molecule has 0 atom stereocenters. The van der Waals surface area contributed by atoms with Crippen LogP contribution in [0.25, 0.3) is 6.08 Å². The van der Waals surface area contributed by atoms with E-state index in [1.807, 2.05) is 42.5 Å². The van der Waals surface area contributed by atoms with Crippen molar-refractivity contribution in [3.63, 3.8) is 0 Å².